The van der Waals surface area contributed by atoms with Crippen molar-refractivity contribution in [1.82, 2.24) is 4.98 Å². The first-order chi connectivity index (χ1) is 9.01. The topological polar surface area (TPSA) is 71.1 Å². The van der Waals surface area contributed by atoms with Crippen LogP contribution in [0.4, 0.5) is 11.5 Å². The third-order valence-corrected chi connectivity index (χ3v) is 4.03. The van der Waals surface area contributed by atoms with E-state index in [0.717, 1.165) is 0 Å². The maximum atomic E-state index is 12.2. The number of nitrogens with one attached hydrogen (secondary N) is 2. The summed E-state index contributed by atoms with van der Waals surface area (Å²) in [6, 6.07) is 9.31. The Morgan fingerprint density at radius 3 is 2.47 bits per heavy atom. The second-order valence-corrected chi connectivity index (χ2v) is 5.86. The number of pyridine rings is 1. The quantitative estimate of drug-likeness (QED) is 0.910. The largest absolute Gasteiger partial charge is 0.373 e. The van der Waals surface area contributed by atoms with E-state index >= 15 is 0 Å². The van der Waals surface area contributed by atoms with Gasteiger partial charge in [-0.15, -0.1) is 0 Å². The van der Waals surface area contributed by atoms with Crippen molar-refractivity contribution in [2.24, 2.45) is 0 Å². The van der Waals surface area contributed by atoms with Crippen molar-refractivity contribution in [2.75, 3.05) is 17.1 Å². The lowest BCUT2D eigenvalue weighted by Crippen LogP contribution is -2.13. The molecule has 0 saturated carbocycles. The third-order valence-electron chi connectivity index (χ3n) is 2.39. The van der Waals surface area contributed by atoms with Crippen LogP contribution in [0, 0.1) is 0 Å². The van der Waals surface area contributed by atoms with Crippen molar-refractivity contribution in [3.05, 3.63) is 47.6 Å². The number of nitrogens with zero attached hydrogens (tertiary/aromatic N) is 1. The Labute approximate surface area is 116 Å². The summed E-state index contributed by atoms with van der Waals surface area (Å²) in [5.41, 5.74) is 0.451. The van der Waals surface area contributed by atoms with E-state index < -0.39 is 10.0 Å². The molecule has 0 bridgehead atoms. The minimum Gasteiger partial charge on any atom is -0.373 e. The predicted octanol–water partition coefficient (Wildman–Crippen LogP) is 2.58. The van der Waals surface area contributed by atoms with Crippen LogP contribution >= 0.6 is 11.6 Å². The highest BCUT2D eigenvalue weighted by Gasteiger charge is 2.14. The second-order valence-electron chi connectivity index (χ2n) is 3.74. The molecule has 19 heavy (non-hydrogen) atoms. The number of hydrogen-bond acceptors (Lipinski definition) is 4. The van der Waals surface area contributed by atoms with Gasteiger partial charge in [0, 0.05) is 30.0 Å². The van der Waals surface area contributed by atoms with Crippen LogP contribution in [0.5, 0.6) is 0 Å². The van der Waals surface area contributed by atoms with Crippen LogP contribution in [-0.4, -0.2) is 20.4 Å². The van der Waals surface area contributed by atoms with E-state index in [1.807, 2.05) is 0 Å². The fourth-order valence-electron chi connectivity index (χ4n) is 1.45. The molecule has 5 nitrogen and oxygen atoms in total. The van der Waals surface area contributed by atoms with Gasteiger partial charge >= 0.3 is 0 Å². The molecule has 7 heteroatoms. The molecule has 0 fully saturated rings. The minimum atomic E-state index is -3.63. The molecule has 2 aromatic rings. The Morgan fingerprint density at radius 1 is 1.16 bits per heavy atom. The number of anilines is 2. The summed E-state index contributed by atoms with van der Waals surface area (Å²) in [5, 5.41) is 3.34. The number of halogens is 1. The Balaban J connectivity index is 2.29. The molecule has 0 aliphatic rings. The van der Waals surface area contributed by atoms with Crippen LogP contribution in [-0.2, 0) is 10.0 Å². The van der Waals surface area contributed by atoms with Gasteiger partial charge in [-0.1, -0.05) is 11.6 Å². The first-order valence-electron chi connectivity index (χ1n) is 5.43. The minimum absolute atomic E-state index is 0.141. The number of benzene rings is 1. The van der Waals surface area contributed by atoms with Crippen molar-refractivity contribution < 1.29 is 8.42 Å². The van der Waals surface area contributed by atoms with Crippen LogP contribution in [0.3, 0.4) is 0 Å². The SMILES string of the molecule is CNc1cc(S(=O)(=O)Nc2ccc(Cl)cc2)ccn1. The second kappa shape index (κ2) is 5.46. The zero-order valence-corrected chi connectivity index (χ0v) is 11.7. The van der Waals surface area contributed by atoms with Crippen LogP contribution in [0.15, 0.2) is 47.5 Å². The van der Waals surface area contributed by atoms with E-state index in [4.69, 9.17) is 11.6 Å². The Kier molecular flexibility index (Phi) is 3.92. The monoisotopic (exact) mass is 297 g/mol. The van der Waals surface area contributed by atoms with Crippen LogP contribution in [0.1, 0.15) is 0 Å². The summed E-state index contributed by atoms with van der Waals surface area (Å²) in [7, 11) is -1.96. The summed E-state index contributed by atoms with van der Waals surface area (Å²) in [6.45, 7) is 0. The van der Waals surface area contributed by atoms with E-state index in [-0.39, 0.29) is 4.90 Å². The molecule has 0 spiro atoms. The number of sulfonamides is 1. The molecule has 100 valence electrons. The summed E-state index contributed by atoms with van der Waals surface area (Å²) in [6.07, 6.45) is 1.43. The van der Waals surface area contributed by atoms with Gasteiger partial charge in [0.2, 0.25) is 0 Å². The molecule has 1 aromatic heterocycles. The van der Waals surface area contributed by atoms with Crippen molar-refractivity contribution in [2.45, 2.75) is 4.90 Å². The predicted molar refractivity (Wildman–Crippen MR) is 76.0 cm³/mol. The molecule has 0 atom stereocenters. The molecule has 0 radical (unpaired) electrons. The van der Waals surface area contributed by atoms with Crippen molar-refractivity contribution in [3.8, 4) is 0 Å². The first-order valence-corrected chi connectivity index (χ1v) is 7.29. The van der Waals surface area contributed by atoms with Crippen molar-refractivity contribution >= 4 is 33.1 Å². The average molecular weight is 298 g/mol. The lowest BCUT2D eigenvalue weighted by Gasteiger charge is -2.09. The van der Waals surface area contributed by atoms with Crippen molar-refractivity contribution in [1.29, 1.82) is 0 Å². The highest BCUT2D eigenvalue weighted by atomic mass is 35.5. The van der Waals surface area contributed by atoms with Gasteiger partial charge < -0.3 is 5.32 Å². The average Bonchev–Trinajstić information content (AvgIpc) is 2.41. The first kappa shape index (κ1) is 13.6. The Bertz CT molecular complexity index is 672. The van der Waals surface area contributed by atoms with Crippen LogP contribution in [0.2, 0.25) is 5.02 Å². The van der Waals surface area contributed by atoms with Gasteiger partial charge in [0.1, 0.15) is 5.82 Å². The van der Waals surface area contributed by atoms with Gasteiger partial charge in [0.25, 0.3) is 10.0 Å². The van der Waals surface area contributed by atoms with Gasteiger partial charge in [-0.05, 0) is 30.3 Å². The van der Waals surface area contributed by atoms with Crippen LogP contribution in [0.25, 0.3) is 0 Å². The van der Waals surface area contributed by atoms with Crippen molar-refractivity contribution in [3.63, 3.8) is 0 Å². The zero-order chi connectivity index (χ0) is 13.9. The normalized spacial score (nSPS) is 11.1. The molecule has 2 rings (SSSR count). The number of rotatable bonds is 4. The third kappa shape index (κ3) is 3.36. The zero-order valence-electron chi connectivity index (χ0n) is 10.1. The molecule has 0 saturated heterocycles. The summed E-state index contributed by atoms with van der Waals surface area (Å²) >= 11 is 5.75. The molecule has 2 N–H and O–H groups in total. The van der Waals surface area contributed by atoms with Gasteiger partial charge in [0.15, 0.2) is 0 Å². The molecular weight excluding hydrogens is 286 g/mol. The van der Waals surface area contributed by atoms with Gasteiger partial charge in [-0.3, -0.25) is 4.72 Å². The number of hydrogen-bond donors (Lipinski definition) is 2. The Hall–Kier alpha value is -1.79. The number of aromatic nitrogens is 1. The van der Waals surface area contributed by atoms with Gasteiger partial charge in [-0.25, -0.2) is 13.4 Å². The highest BCUT2D eigenvalue weighted by molar-refractivity contribution is 7.92. The summed E-state index contributed by atoms with van der Waals surface area (Å²) < 4.78 is 26.8. The molecule has 0 unspecified atom stereocenters. The fraction of sp³-hybridized carbons (Fsp3) is 0.0833. The maximum absolute atomic E-state index is 12.2. The lowest BCUT2D eigenvalue weighted by atomic mass is 10.3. The van der Waals surface area contributed by atoms with E-state index in [0.29, 0.717) is 16.5 Å². The fourth-order valence-corrected chi connectivity index (χ4v) is 2.64. The molecular formula is C12H12ClN3O2S. The molecule has 1 heterocycles. The van der Waals surface area contributed by atoms with E-state index in [2.05, 4.69) is 15.0 Å². The van der Waals surface area contributed by atoms with Gasteiger partial charge in [-0.2, -0.15) is 0 Å². The molecule has 0 aliphatic carbocycles. The van der Waals surface area contributed by atoms with E-state index in [1.165, 1.54) is 18.3 Å². The van der Waals surface area contributed by atoms with E-state index in [1.54, 1.807) is 31.3 Å². The molecule has 0 amide bonds. The molecule has 1 aromatic carbocycles. The summed E-state index contributed by atoms with van der Waals surface area (Å²) in [5.74, 6) is 0.485. The smallest absolute Gasteiger partial charge is 0.262 e. The maximum Gasteiger partial charge on any atom is 0.262 e. The standard InChI is InChI=1S/C12H12ClN3O2S/c1-14-12-8-11(6-7-15-12)19(17,18)16-10-4-2-9(13)3-5-10/h2-8,16H,1H3,(H,14,15). The Morgan fingerprint density at radius 2 is 1.84 bits per heavy atom. The molecule has 0 aliphatic heterocycles. The van der Waals surface area contributed by atoms with E-state index in [9.17, 15) is 8.42 Å². The highest BCUT2D eigenvalue weighted by Crippen LogP contribution is 2.19. The van der Waals surface area contributed by atoms with Gasteiger partial charge in [0.05, 0.1) is 4.90 Å². The summed E-state index contributed by atoms with van der Waals surface area (Å²) in [4.78, 5) is 4.11. The van der Waals surface area contributed by atoms with Crippen LogP contribution < -0.4 is 10.0 Å². The lowest BCUT2D eigenvalue weighted by molar-refractivity contribution is 0.601.